The Morgan fingerprint density at radius 3 is 0.903 bits per heavy atom. The molecule has 124 heavy (non-hydrogen) atoms. The Morgan fingerprint density at radius 1 is 0.210 bits per heavy atom. The highest BCUT2D eigenvalue weighted by molar-refractivity contribution is 7.26. The zero-order valence-corrected chi connectivity index (χ0v) is 74.0. The van der Waals surface area contributed by atoms with E-state index in [0.29, 0.717) is 5.82 Å². The second-order valence-electron chi connectivity index (χ2n) is 35.9. The summed E-state index contributed by atoms with van der Waals surface area (Å²) in [6.45, 7) is 32.7. The van der Waals surface area contributed by atoms with Gasteiger partial charge in [-0.2, -0.15) is 0 Å². The number of thiophene rings is 1. The molecule has 0 unspecified atom stereocenters. The van der Waals surface area contributed by atoms with Gasteiger partial charge in [0.2, 0.25) is 0 Å². The van der Waals surface area contributed by atoms with Gasteiger partial charge in [0.15, 0.2) is 34.7 Å². The predicted molar refractivity (Wildman–Crippen MR) is 516 cm³/mol. The van der Waals surface area contributed by atoms with Crippen molar-refractivity contribution in [3.8, 4) is 113 Å². The summed E-state index contributed by atoms with van der Waals surface area (Å²) in [7, 11) is 0. The van der Waals surface area contributed by atoms with Gasteiger partial charge < -0.3 is 4.42 Å². The number of hydrogen-bond donors (Lipinski definition) is 0. The van der Waals surface area contributed by atoms with Crippen LogP contribution in [0.1, 0.15) is 132 Å². The molecule has 0 N–H and O–H groups in total. The van der Waals surface area contributed by atoms with E-state index in [1.54, 1.807) is 0 Å². The highest BCUT2D eigenvalue weighted by atomic mass is 32.1. The fourth-order valence-corrected chi connectivity index (χ4v) is 15.7. The van der Waals surface area contributed by atoms with E-state index < -0.39 is 0 Å². The number of nitrogens with zero attached hydrogens (tertiary/aromatic N) is 11. The van der Waals surface area contributed by atoms with Crippen LogP contribution < -0.4 is 0 Å². The van der Waals surface area contributed by atoms with Gasteiger partial charge in [0.1, 0.15) is 28.4 Å². The average Bonchev–Trinajstić information content (AvgIpc) is 1.60. The van der Waals surface area contributed by atoms with E-state index in [0.717, 1.165) is 157 Å². The van der Waals surface area contributed by atoms with Gasteiger partial charge in [-0.1, -0.05) is 438 Å². The maximum absolute atomic E-state index is 6.46. The summed E-state index contributed by atoms with van der Waals surface area (Å²) in [6.07, 6.45) is 0. The van der Waals surface area contributed by atoms with Gasteiger partial charge in [-0.05, 0) is 34.6 Å². The maximum Gasteiger partial charge on any atom is 0.180 e. The first-order valence-corrected chi connectivity index (χ1v) is 43.1. The molecule has 0 aliphatic heterocycles. The van der Waals surface area contributed by atoms with Crippen LogP contribution in [-0.4, -0.2) is 54.8 Å². The fraction of sp³-hybridized carbons (Fsp3) is 0.180. The first kappa shape index (κ1) is 85.0. The predicted octanol–water partition coefficient (Wildman–Crippen LogP) is 29.2. The molecule has 0 saturated carbocycles. The first-order chi connectivity index (χ1) is 59.7. The van der Waals surface area contributed by atoms with Crippen molar-refractivity contribution >= 4 is 53.7 Å². The number of para-hydroxylation sites is 1. The summed E-state index contributed by atoms with van der Waals surface area (Å²) in [5, 5.41) is 2.25. The zero-order chi connectivity index (χ0) is 86.8. The van der Waals surface area contributed by atoms with Crippen LogP contribution in [0.5, 0.6) is 0 Å². The largest absolute Gasteiger partial charge is 0.452 e. The number of aromatic nitrogens is 11. The molecule has 7 heterocycles. The van der Waals surface area contributed by atoms with Crippen LogP contribution in [0.2, 0.25) is 0 Å². The molecule has 0 aliphatic carbocycles. The van der Waals surface area contributed by atoms with E-state index >= 15 is 0 Å². The molecule has 19 rings (SSSR count). The van der Waals surface area contributed by atoms with Crippen LogP contribution in [-0.2, 0) is 27.1 Å². The van der Waals surface area contributed by atoms with Crippen molar-refractivity contribution in [1.29, 1.82) is 0 Å². The van der Waals surface area contributed by atoms with E-state index in [-0.39, 0.29) is 27.1 Å². The van der Waals surface area contributed by atoms with Crippen molar-refractivity contribution in [2.45, 2.75) is 131 Å². The third-order valence-corrected chi connectivity index (χ3v) is 22.2. The third kappa shape index (κ3) is 20.1. The first-order valence-electron chi connectivity index (χ1n) is 42.2. The minimum absolute atomic E-state index is 0.0179. The van der Waals surface area contributed by atoms with Crippen molar-refractivity contribution in [2.24, 2.45) is 0 Å². The lowest BCUT2D eigenvalue weighted by molar-refractivity contribution is 0.543. The van der Waals surface area contributed by atoms with Gasteiger partial charge in [-0.15, -0.1) is 11.3 Å². The number of hydrogen-bond acceptors (Lipinski definition) is 13. The topological polar surface area (TPSA) is 155 Å². The summed E-state index contributed by atoms with van der Waals surface area (Å²) >= 11 is 1.82. The molecule has 0 fully saturated rings. The molecule has 0 amide bonds. The Morgan fingerprint density at radius 2 is 0.524 bits per heavy atom. The normalized spacial score (nSPS) is 11.7. The monoisotopic (exact) mass is 1640 g/mol. The summed E-state index contributed by atoms with van der Waals surface area (Å²) < 4.78 is 8.93. The molecule has 0 spiro atoms. The lowest BCUT2D eigenvalue weighted by Crippen LogP contribution is -2.18. The van der Waals surface area contributed by atoms with Crippen molar-refractivity contribution in [1.82, 2.24) is 54.8 Å². The molecule has 0 aliphatic rings. The molecule has 13 heteroatoms. The van der Waals surface area contributed by atoms with E-state index in [1.807, 2.05) is 218 Å². The van der Waals surface area contributed by atoms with Crippen LogP contribution in [0.15, 0.2) is 356 Å². The van der Waals surface area contributed by atoms with Crippen LogP contribution in [0.3, 0.4) is 0 Å². The highest BCUT2D eigenvalue weighted by Crippen LogP contribution is 2.45. The summed E-state index contributed by atoms with van der Waals surface area (Å²) in [6, 6.07) is 119. The molecular weight excluding hydrogens is 1540 g/mol. The standard InChI is InChI=1S/C26H22N2O.C26H22N2S.2C20H20N2.C19H19N3/c2*1-26(2,3)20-16-10-15-19-22-24(29-23(19)20)21(17-11-6-4-7-12-17)27-25(28-22)18-13-8-5-9-14-18;1-20(2,3)18-14-17(15-10-6-4-7-11-15)21-19(22-18)16-12-8-5-9-13-16;1-20(2,3)19-21-17(15-10-6-4-7-11-15)14-18(22-19)16-12-8-5-9-13-16;1-19(2,3)18-21-16(14-10-6-4-7-11-14)20-17(22-18)15-12-8-5-9-13-15/h2*4-16H,1-3H3;2*4-14H,1-3H3;4-13H,1-3H3. The van der Waals surface area contributed by atoms with Gasteiger partial charge in [-0.25, -0.2) is 54.8 Å². The Kier molecular flexibility index (Phi) is 25.2. The van der Waals surface area contributed by atoms with Gasteiger partial charge in [0.05, 0.1) is 38.7 Å². The Balaban J connectivity index is 0.000000121. The van der Waals surface area contributed by atoms with E-state index in [4.69, 9.17) is 44.3 Å². The van der Waals surface area contributed by atoms with E-state index in [9.17, 15) is 0 Å². The van der Waals surface area contributed by atoms with Crippen LogP contribution >= 0.6 is 11.3 Å². The third-order valence-electron chi connectivity index (χ3n) is 21.0. The molecule has 19 aromatic rings. The van der Waals surface area contributed by atoms with Crippen LogP contribution in [0.4, 0.5) is 0 Å². The van der Waals surface area contributed by atoms with E-state index in [1.165, 1.54) is 21.2 Å². The lowest BCUT2D eigenvalue weighted by atomic mass is 9.86. The van der Waals surface area contributed by atoms with Crippen molar-refractivity contribution in [2.75, 3.05) is 0 Å². The number of rotatable bonds is 10. The van der Waals surface area contributed by atoms with Gasteiger partial charge in [0, 0.05) is 92.9 Å². The second-order valence-corrected chi connectivity index (χ2v) is 36.9. The molecule has 0 radical (unpaired) electrons. The highest BCUT2D eigenvalue weighted by Gasteiger charge is 2.28. The van der Waals surface area contributed by atoms with E-state index in [2.05, 4.69) is 264 Å². The molecular formula is C111H103N11OS. The zero-order valence-electron chi connectivity index (χ0n) is 73.2. The Labute approximate surface area is 732 Å². The fourth-order valence-electron chi connectivity index (χ4n) is 14.3. The molecule has 0 atom stereocenters. The van der Waals surface area contributed by atoms with Gasteiger partial charge >= 0.3 is 0 Å². The SMILES string of the molecule is CC(C)(C)c1cc(-c2ccccc2)nc(-c2ccccc2)n1.CC(C)(C)c1cccc2c1oc1c(-c3ccccc3)nc(-c3ccccc3)nc12.CC(C)(C)c1cccc2c1sc1c(-c3ccccc3)nc(-c3ccccc3)nc12.CC(C)(C)c1nc(-c2ccccc2)cc(-c2ccccc2)n1.CC(C)(C)c1nc(-c2ccccc2)nc(-c2ccccc2)n1. The van der Waals surface area contributed by atoms with Crippen molar-refractivity contribution < 1.29 is 4.42 Å². The minimum atomic E-state index is -0.129. The van der Waals surface area contributed by atoms with Crippen molar-refractivity contribution in [3.05, 3.63) is 380 Å². The molecule has 12 aromatic carbocycles. The Hall–Kier alpha value is -14.0. The molecule has 7 aromatic heterocycles. The van der Waals surface area contributed by atoms with Crippen molar-refractivity contribution in [3.63, 3.8) is 0 Å². The molecule has 0 saturated heterocycles. The van der Waals surface area contributed by atoms with Crippen LogP contribution in [0.25, 0.3) is 156 Å². The molecule has 614 valence electrons. The summed E-state index contributed by atoms with van der Waals surface area (Å²) in [5.74, 6) is 5.39. The van der Waals surface area contributed by atoms with Gasteiger partial charge in [-0.3, -0.25) is 0 Å². The number of benzene rings is 12. The van der Waals surface area contributed by atoms with Crippen LogP contribution in [0, 0.1) is 0 Å². The quantitative estimate of drug-likeness (QED) is 0.128. The molecule has 12 nitrogen and oxygen atoms in total. The summed E-state index contributed by atoms with van der Waals surface area (Å²) in [4.78, 5) is 53.1. The molecule has 0 bridgehead atoms. The summed E-state index contributed by atoms with van der Waals surface area (Å²) in [5.41, 5.74) is 22.3. The Bertz CT molecular complexity index is 6100. The minimum Gasteiger partial charge on any atom is -0.452 e. The maximum atomic E-state index is 6.46. The number of furan rings is 1. The average molecular weight is 1640 g/mol. The second kappa shape index (κ2) is 36.7. The lowest BCUT2D eigenvalue weighted by Gasteiger charge is -2.19. The smallest absolute Gasteiger partial charge is 0.180 e. The number of fused-ring (bicyclic) bond motifs is 6. The van der Waals surface area contributed by atoms with Gasteiger partial charge in [0.25, 0.3) is 0 Å².